The molecule has 3 rings (SSSR count). The highest BCUT2D eigenvalue weighted by Crippen LogP contribution is 2.23. The first kappa shape index (κ1) is 10.5. The van der Waals surface area contributed by atoms with Crippen molar-refractivity contribution in [3.05, 3.63) is 54.4 Å². The molecule has 3 aromatic rings. The van der Waals surface area contributed by atoms with E-state index in [0.717, 1.165) is 5.56 Å². The summed E-state index contributed by atoms with van der Waals surface area (Å²) >= 11 is 0. The van der Waals surface area contributed by atoms with Gasteiger partial charge in [-0.05, 0) is 0 Å². The maximum Gasteiger partial charge on any atom is 0.339 e. The first-order valence-corrected chi connectivity index (χ1v) is 5.39. The number of fused-ring (bicyclic) bond motifs is 1. The Balaban J connectivity index is 2.40. The van der Waals surface area contributed by atoms with Crippen molar-refractivity contribution in [2.75, 3.05) is 0 Å². The molecular weight excluding hydrogens is 230 g/mol. The molecule has 0 amide bonds. The maximum absolute atomic E-state index is 11.3. The molecule has 0 aliphatic rings. The van der Waals surface area contributed by atoms with Gasteiger partial charge in [-0.15, -0.1) is 0 Å². The lowest BCUT2D eigenvalue weighted by Gasteiger charge is -2.08. The van der Waals surface area contributed by atoms with E-state index in [1.807, 2.05) is 30.3 Å². The molecular formula is C13H9N3O2. The zero-order valence-electron chi connectivity index (χ0n) is 9.32. The summed E-state index contributed by atoms with van der Waals surface area (Å²) in [5.41, 5.74) is 2.10. The monoisotopic (exact) mass is 239 g/mol. The average Bonchev–Trinajstić information content (AvgIpc) is 2.86. The first-order chi connectivity index (χ1) is 8.77. The molecule has 5 nitrogen and oxygen atoms in total. The minimum Gasteiger partial charge on any atom is -0.478 e. The van der Waals surface area contributed by atoms with Crippen LogP contribution in [0, 0.1) is 0 Å². The van der Waals surface area contributed by atoms with Gasteiger partial charge in [0.25, 0.3) is 0 Å². The summed E-state index contributed by atoms with van der Waals surface area (Å²) < 4.78 is 1.54. The maximum atomic E-state index is 11.3. The third kappa shape index (κ3) is 1.53. The van der Waals surface area contributed by atoms with E-state index in [1.54, 1.807) is 16.8 Å². The highest BCUT2D eigenvalue weighted by molar-refractivity contribution is 5.95. The van der Waals surface area contributed by atoms with E-state index >= 15 is 0 Å². The fourth-order valence-electron chi connectivity index (χ4n) is 1.90. The van der Waals surface area contributed by atoms with Crippen molar-refractivity contribution in [1.29, 1.82) is 0 Å². The largest absolute Gasteiger partial charge is 0.478 e. The molecule has 0 saturated carbocycles. The third-order valence-corrected chi connectivity index (χ3v) is 2.69. The van der Waals surface area contributed by atoms with E-state index in [9.17, 15) is 9.90 Å². The van der Waals surface area contributed by atoms with Gasteiger partial charge in [0.15, 0.2) is 5.65 Å². The van der Waals surface area contributed by atoms with Crippen LogP contribution in [0.2, 0.25) is 0 Å². The van der Waals surface area contributed by atoms with Crippen LogP contribution in [-0.2, 0) is 0 Å². The van der Waals surface area contributed by atoms with E-state index < -0.39 is 5.97 Å². The van der Waals surface area contributed by atoms with Crippen molar-refractivity contribution in [2.24, 2.45) is 0 Å². The van der Waals surface area contributed by atoms with E-state index in [1.165, 1.54) is 6.20 Å². The van der Waals surface area contributed by atoms with E-state index in [0.29, 0.717) is 11.3 Å². The lowest BCUT2D eigenvalue weighted by Crippen LogP contribution is -2.06. The molecule has 0 aliphatic carbocycles. The van der Waals surface area contributed by atoms with Crippen LogP contribution >= 0.6 is 0 Å². The normalized spacial score (nSPS) is 10.7. The Bertz CT molecular complexity index is 719. The molecule has 0 bridgehead atoms. The number of carboxylic acid groups (broad SMARTS) is 1. The fourth-order valence-corrected chi connectivity index (χ4v) is 1.90. The second-order valence-electron chi connectivity index (χ2n) is 3.79. The zero-order chi connectivity index (χ0) is 12.5. The number of hydrogen-bond donors (Lipinski definition) is 1. The Hall–Kier alpha value is -2.69. The topological polar surface area (TPSA) is 67.5 Å². The lowest BCUT2D eigenvalue weighted by molar-refractivity contribution is 0.0696. The Morgan fingerprint density at radius 2 is 1.94 bits per heavy atom. The minimum absolute atomic E-state index is 0.136. The molecule has 0 unspecified atom stereocenters. The lowest BCUT2D eigenvalue weighted by atomic mass is 10.1. The van der Waals surface area contributed by atoms with E-state index in [-0.39, 0.29) is 5.56 Å². The van der Waals surface area contributed by atoms with Gasteiger partial charge in [-0.2, -0.15) is 5.10 Å². The SMILES string of the molecule is O=C(O)c1cnc2ccnn2c1-c1ccccc1. The molecule has 0 saturated heterocycles. The molecule has 0 atom stereocenters. The molecule has 2 heterocycles. The van der Waals surface area contributed by atoms with Crippen LogP contribution < -0.4 is 0 Å². The standard InChI is InChI=1S/C13H9N3O2/c17-13(18)10-8-14-11-6-7-15-16(11)12(10)9-4-2-1-3-5-9/h1-8H,(H,17,18). The summed E-state index contributed by atoms with van der Waals surface area (Å²) in [6.45, 7) is 0. The van der Waals surface area contributed by atoms with Gasteiger partial charge < -0.3 is 5.11 Å². The van der Waals surface area contributed by atoms with Crippen molar-refractivity contribution in [2.45, 2.75) is 0 Å². The molecule has 0 fully saturated rings. The fraction of sp³-hybridized carbons (Fsp3) is 0. The van der Waals surface area contributed by atoms with Crippen LogP contribution in [-0.4, -0.2) is 25.7 Å². The number of hydrogen-bond acceptors (Lipinski definition) is 3. The van der Waals surface area contributed by atoms with Crippen LogP contribution in [0.15, 0.2) is 48.8 Å². The summed E-state index contributed by atoms with van der Waals surface area (Å²) in [6, 6.07) is 11.0. The summed E-state index contributed by atoms with van der Waals surface area (Å²) in [5.74, 6) is -1.02. The Morgan fingerprint density at radius 3 is 2.67 bits per heavy atom. The highest BCUT2D eigenvalue weighted by atomic mass is 16.4. The second kappa shape index (κ2) is 3.96. The molecule has 0 radical (unpaired) electrons. The van der Waals surface area contributed by atoms with Crippen LogP contribution in [0.1, 0.15) is 10.4 Å². The third-order valence-electron chi connectivity index (χ3n) is 2.69. The van der Waals surface area contributed by atoms with E-state index in [4.69, 9.17) is 0 Å². The Labute approximate surface area is 102 Å². The van der Waals surface area contributed by atoms with Gasteiger partial charge in [-0.25, -0.2) is 14.3 Å². The van der Waals surface area contributed by atoms with Crippen LogP contribution in [0.4, 0.5) is 0 Å². The van der Waals surface area contributed by atoms with Crippen molar-refractivity contribution in [1.82, 2.24) is 14.6 Å². The molecule has 88 valence electrons. The summed E-state index contributed by atoms with van der Waals surface area (Å²) in [6.07, 6.45) is 2.96. The zero-order valence-corrected chi connectivity index (χ0v) is 9.32. The van der Waals surface area contributed by atoms with Crippen molar-refractivity contribution in [3.63, 3.8) is 0 Å². The first-order valence-electron chi connectivity index (χ1n) is 5.39. The van der Waals surface area contributed by atoms with Crippen LogP contribution in [0.3, 0.4) is 0 Å². The van der Waals surface area contributed by atoms with E-state index in [2.05, 4.69) is 10.1 Å². The van der Waals surface area contributed by atoms with Gasteiger partial charge in [0.1, 0.15) is 5.56 Å². The second-order valence-corrected chi connectivity index (χ2v) is 3.79. The van der Waals surface area contributed by atoms with Gasteiger partial charge in [0, 0.05) is 17.8 Å². The highest BCUT2D eigenvalue weighted by Gasteiger charge is 2.16. The van der Waals surface area contributed by atoms with Crippen molar-refractivity contribution >= 4 is 11.6 Å². The number of carbonyl (C=O) groups is 1. The number of aromatic carboxylic acids is 1. The number of carboxylic acids is 1. The van der Waals surface area contributed by atoms with Crippen molar-refractivity contribution in [3.8, 4) is 11.3 Å². The van der Waals surface area contributed by atoms with Gasteiger partial charge in [0.05, 0.1) is 11.9 Å². The van der Waals surface area contributed by atoms with Gasteiger partial charge in [-0.3, -0.25) is 0 Å². The molecule has 0 aliphatic heterocycles. The number of rotatable bonds is 2. The number of aromatic nitrogens is 3. The molecule has 1 N–H and O–H groups in total. The Morgan fingerprint density at radius 1 is 1.17 bits per heavy atom. The quantitative estimate of drug-likeness (QED) is 0.743. The van der Waals surface area contributed by atoms with Gasteiger partial charge >= 0.3 is 5.97 Å². The molecule has 2 aromatic heterocycles. The molecule has 1 aromatic carbocycles. The Kier molecular flexibility index (Phi) is 2.30. The number of benzene rings is 1. The van der Waals surface area contributed by atoms with Gasteiger partial charge in [0.2, 0.25) is 0 Å². The molecule has 0 spiro atoms. The minimum atomic E-state index is -1.02. The van der Waals surface area contributed by atoms with Gasteiger partial charge in [-0.1, -0.05) is 30.3 Å². The molecule has 18 heavy (non-hydrogen) atoms. The van der Waals surface area contributed by atoms with Crippen LogP contribution in [0.25, 0.3) is 16.9 Å². The molecule has 5 heteroatoms. The predicted molar refractivity (Wildman–Crippen MR) is 65.4 cm³/mol. The average molecular weight is 239 g/mol. The smallest absolute Gasteiger partial charge is 0.339 e. The predicted octanol–water partition coefficient (Wildman–Crippen LogP) is 2.09. The summed E-state index contributed by atoms with van der Waals surface area (Å²) in [5, 5.41) is 13.4. The summed E-state index contributed by atoms with van der Waals surface area (Å²) in [7, 11) is 0. The number of nitrogens with zero attached hydrogens (tertiary/aromatic N) is 3. The summed E-state index contributed by atoms with van der Waals surface area (Å²) in [4.78, 5) is 15.3. The van der Waals surface area contributed by atoms with Crippen LogP contribution in [0.5, 0.6) is 0 Å². The van der Waals surface area contributed by atoms with Crippen molar-refractivity contribution < 1.29 is 9.90 Å².